The van der Waals surface area contributed by atoms with Crippen molar-refractivity contribution in [1.29, 1.82) is 0 Å². The van der Waals surface area contributed by atoms with Crippen LogP contribution in [0.2, 0.25) is 0 Å². The zero-order valence-corrected chi connectivity index (χ0v) is 10.9. The summed E-state index contributed by atoms with van der Waals surface area (Å²) in [5.74, 6) is -1.30. The molecule has 0 aromatic heterocycles. The zero-order valence-electron chi connectivity index (χ0n) is 10.9. The number of hydrogen-bond donors (Lipinski definition) is 1. The number of hydrogen-bond acceptors (Lipinski definition) is 2. The van der Waals surface area contributed by atoms with Gasteiger partial charge in [0.2, 0.25) is 0 Å². The van der Waals surface area contributed by atoms with Crippen molar-refractivity contribution in [1.82, 2.24) is 0 Å². The van der Waals surface area contributed by atoms with Crippen LogP contribution in [-0.4, -0.2) is 16.9 Å². The van der Waals surface area contributed by atoms with E-state index in [1.807, 2.05) is 6.08 Å². The molecule has 0 aliphatic rings. The van der Waals surface area contributed by atoms with Crippen molar-refractivity contribution in [2.75, 3.05) is 0 Å². The third-order valence-electron chi connectivity index (χ3n) is 2.81. The minimum atomic E-state index is -0.901. The van der Waals surface area contributed by atoms with E-state index in [0.717, 1.165) is 6.42 Å². The topological polar surface area (TPSA) is 54.4 Å². The highest BCUT2D eigenvalue weighted by Gasteiger charge is 2.15. The first-order valence-electron chi connectivity index (χ1n) is 6.45. The Morgan fingerprint density at radius 3 is 2.41 bits per heavy atom. The Morgan fingerprint density at radius 1 is 1.18 bits per heavy atom. The number of allylic oxidation sites excluding steroid dienone is 2. The van der Waals surface area contributed by atoms with Crippen molar-refractivity contribution in [3.05, 3.63) is 12.2 Å². The molecule has 0 spiro atoms. The maximum Gasteiger partial charge on any atom is 0.304 e. The summed E-state index contributed by atoms with van der Waals surface area (Å²) in [4.78, 5) is 21.7. The van der Waals surface area contributed by atoms with E-state index in [-0.39, 0.29) is 18.1 Å². The molecule has 0 aromatic rings. The van der Waals surface area contributed by atoms with E-state index in [0.29, 0.717) is 6.42 Å². The monoisotopic (exact) mass is 240 g/mol. The van der Waals surface area contributed by atoms with Crippen LogP contribution in [0.25, 0.3) is 0 Å². The van der Waals surface area contributed by atoms with Crippen LogP contribution in [0.1, 0.15) is 58.8 Å². The van der Waals surface area contributed by atoms with Gasteiger partial charge in [0.1, 0.15) is 5.78 Å². The number of aliphatic carboxylic acids is 1. The van der Waals surface area contributed by atoms with Gasteiger partial charge in [0.15, 0.2) is 0 Å². The predicted octanol–water partition coefficient (Wildman–Crippen LogP) is 3.58. The summed E-state index contributed by atoms with van der Waals surface area (Å²) in [7, 11) is 0. The molecule has 98 valence electrons. The van der Waals surface area contributed by atoms with Crippen LogP contribution in [0.5, 0.6) is 0 Å². The molecular weight excluding hydrogens is 216 g/mol. The molecule has 0 aliphatic carbocycles. The van der Waals surface area contributed by atoms with E-state index in [4.69, 9.17) is 5.11 Å². The van der Waals surface area contributed by atoms with Crippen LogP contribution in [0.15, 0.2) is 12.2 Å². The summed E-state index contributed by atoms with van der Waals surface area (Å²) >= 11 is 0. The summed E-state index contributed by atoms with van der Waals surface area (Å²) in [6, 6.07) is 0. The van der Waals surface area contributed by atoms with Crippen molar-refractivity contribution in [3.63, 3.8) is 0 Å². The molecule has 0 saturated carbocycles. The normalized spacial score (nSPS) is 12.8. The summed E-state index contributed by atoms with van der Waals surface area (Å²) in [6.45, 7) is 3.64. The van der Waals surface area contributed by atoms with Crippen molar-refractivity contribution in [2.24, 2.45) is 5.92 Å². The van der Waals surface area contributed by atoms with E-state index in [1.165, 1.54) is 32.6 Å². The maximum atomic E-state index is 11.2. The molecule has 3 nitrogen and oxygen atoms in total. The van der Waals surface area contributed by atoms with E-state index in [1.54, 1.807) is 0 Å². The molecule has 0 rings (SSSR count). The SMILES string of the molecule is CCCCCCC=CCC(CC(=O)O)C(C)=O. The number of carboxylic acids is 1. The van der Waals surface area contributed by atoms with Crippen molar-refractivity contribution < 1.29 is 14.7 Å². The van der Waals surface area contributed by atoms with Gasteiger partial charge in [-0.3, -0.25) is 9.59 Å². The lowest BCUT2D eigenvalue weighted by Gasteiger charge is -2.07. The first-order valence-corrected chi connectivity index (χ1v) is 6.45. The van der Waals surface area contributed by atoms with Gasteiger partial charge in [-0.15, -0.1) is 0 Å². The number of unbranched alkanes of at least 4 members (excludes halogenated alkanes) is 4. The highest BCUT2D eigenvalue weighted by Crippen LogP contribution is 2.12. The summed E-state index contributed by atoms with van der Waals surface area (Å²) < 4.78 is 0. The second kappa shape index (κ2) is 10.1. The predicted molar refractivity (Wildman–Crippen MR) is 68.9 cm³/mol. The molecule has 17 heavy (non-hydrogen) atoms. The van der Waals surface area contributed by atoms with Gasteiger partial charge < -0.3 is 5.11 Å². The zero-order chi connectivity index (χ0) is 13.1. The molecule has 1 N–H and O–H groups in total. The van der Waals surface area contributed by atoms with Crippen LogP contribution in [0.4, 0.5) is 0 Å². The van der Waals surface area contributed by atoms with Gasteiger partial charge in [0.25, 0.3) is 0 Å². The average Bonchev–Trinajstić information content (AvgIpc) is 2.25. The molecule has 0 aromatic carbocycles. The van der Waals surface area contributed by atoms with Gasteiger partial charge in [0, 0.05) is 5.92 Å². The highest BCUT2D eigenvalue weighted by molar-refractivity contribution is 5.83. The molecule has 0 heterocycles. The quantitative estimate of drug-likeness (QED) is 0.469. The van der Waals surface area contributed by atoms with Gasteiger partial charge in [-0.05, 0) is 26.2 Å². The Balaban J connectivity index is 3.76. The number of carboxylic acid groups (broad SMARTS) is 1. The van der Waals surface area contributed by atoms with Crippen LogP contribution >= 0.6 is 0 Å². The fourth-order valence-corrected chi connectivity index (χ4v) is 1.67. The molecule has 0 fully saturated rings. The third-order valence-corrected chi connectivity index (χ3v) is 2.81. The highest BCUT2D eigenvalue weighted by atomic mass is 16.4. The number of carbonyl (C=O) groups is 2. The summed E-state index contributed by atoms with van der Waals surface area (Å²) in [6.07, 6.45) is 10.4. The molecule has 1 unspecified atom stereocenters. The molecule has 3 heteroatoms. The standard InChI is InChI=1S/C14H24O3/c1-3-4-5-6-7-8-9-10-13(12(2)15)11-14(16)17/h8-9,13H,3-7,10-11H2,1-2H3,(H,16,17). The molecule has 1 atom stereocenters. The van der Waals surface area contributed by atoms with Crippen molar-refractivity contribution in [3.8, 4) is 0 Å². The van der Waals surface area contributed by atoms with E-state index >= 15 is 0 Å². The van der Waals surface area contributed by atoms with Gasteiger partial charge >= 0.3 is 5.97 Å². The Morgan fingerprint density at radius 2 is 1.88 bits per heavy atom. The molecular formula is C14H24O3. The Kier molecular flexibility index (Phi) is 9.40. The number of rotatable bonds is 10. The second-order valence-electron chi connectivity index (χ2n) is 4.46. The lowest BCUT2D eigenvalue weighted by molar-refractivity contribution is -0.140. The molecule has 0 radical (unpaired) electrons. The van der Waals surface area contributed by atoms with Gasteiger partial charge in [-0.25, -0.2) is 0 Å². The van der Waals surface area contributed by atoms with E-state index < -0.39 is 5.97 Å². The fourth-order valence-electron chi connectivity index (χ4n) is 1.67. The summed E-state index contributed by atoms with van der Waals surface area (Å²) in [5, 5.41) is 8.66. The molecule has 0 amide bonds. The number of Topliss-reactive ketones (excluding diaryl/α,β-unsaturated/α-hetero) is 1. The smallest absolute Gasteiger partial charge is 0.304 e. The number of ketones is 1. The molecule has 0 aliphatic heterocycles. The maximum absolute atomic E-state index is 11.2. The first-order chi connectivity index (χ1) is 8.07. The van der Waals surface area contributed by atoms with E-state index in [2.05, 4.69) is 13.0 Å². The van der Waals surface area contributed by atoms with Gasteiger partial charge in [-0.1, -0.05) is 38.3 Å². The lowest BCUT2D eigenvalue weighted by Crippen LogP contribution is -2.14. The van der Waals surface area contributed by atoms with Crippen LogP contribution < -0.4 is 0 Å². The molecule has 0 bridgehead atoms. The average molecular weight is 240 g/mol. The van der Waals surface area contributed by atoms with Gasteiger partial charge in [-0.2, -0.15) is 0 Å². The van der Waals surface area contributed by atoms with Crippen LogP contribution in [0, 0.1) is 5.92 Å². The first kappa shape index (κ1) is 15.9. The fraction of sp³-hybridized carbons (Fsp3) is 0.714. The second-order valence-corrected chi connectivity index (χ2v) is 4.46. The Bertz CT molecular complexity index is 256. The minimum absolute atomic E-state index is 0.0389. The summed E-state index contributed by atoms with van der Waals surface area (Å²) in [5.41, 5.74) is 0. The van der Waals surface area contributed by atoms with Crippen molar-refractivity contribution >= 4 is 11.8 Å². The number of carbonyl (C=O) groups excluding carboxylic acids is 1. The third kappa shape index (κ3) is 9.79. The molecule has 0 saturated heterocycles. The van der Waals surface area contributed by atoms with Gasteiger partial charge in [0.05, 0.1) is 6.42 Å². The van der Waals surface area contributed by atoms with Crippen LogP contribution in [0.3, 0.4) is 0 Å². The lowest BCUT2D eigenvalue weighted by atomic mass is 9.97. The minimum Gasteiger partial charge on any atom is -0.481 e. The largest absolute Gasteiger partial charge is 0.481 e. The van der Waals surface area contributed by atoms with E-state index in [9.17, 15) is 9.59 Å². The van der Waals surface area contributed by atoms with Crippen LogP contribution in [-0.2, 0) is 9.59 Å². The van der Waals surface area contributed by atoms with Crippen molar-refractivity contribution in [2.45, 2.75) is 58.8 Å². The Labute approximate surface area is 104 Å². The Hall–Kier alpha value is -1.12.